The molecule has 1 rings (SSSR count). The molecule has 0 unspecified atom stereocenters. The predicted molar refractivity (Wildman–Crippen MR) is 47.1 cm³/mol. The number of carboxylic acid groups (broad SMARTS) is 1. The van der Waals surface area contributed by atoms with E-state index < -0.39 is 30.2 Å². The van der Waals surface area contributed by atoms with E-state index in [-0.39, 0.29) is 0 Å². The van der Waals surface area contributed by atoms with Gasteiger partial charge in [0.15, 0.2) is 6.61 Å². The van der Waals surface area contributed by atoms with Crippen LogP contribution < -0.4 is 4.74 Å². The highest BCUT2D eigenvalue weighted by Gasteiger charge is 2.35. The molecule has 0 spiro atoms. The van der Waals surface area contributed by atoms with Gasteiger partial charge < -0.3 is 9.84 Å². The SMILES string of the molecule is Cc1cnc(OCC(=O)O)c(C(F)(F)F)c1. The summed E-state index contributed by atoms with van der Waals surface area (Å²) in [7, 11) is 0. The lowest BCUT2D eigenvalue weighted by molar-refractivity contribution is -0.143. The van der Waals surface area contributed by atoms with Crippen molar-refractivity contribution in [2.24, 2.45) is 0 Å². The van der Waals surface area contributed by atoms with Gasteiger partial charge in [-0.1, -0.05) is 0 Å². The molecule has 0 saturated carbocycles. The van der Waals surface area contributed by atoms with Crippen molar-refractivity contribution in [2.45, 2.75) is 13.1 Å². The zero-order valence-electron chi connectivity index (χ0n) is 8.21. The number of ether oxygens (including phenoxy) is 1. The van der Waals surface area contributed by atoms with Crippen LogP contribution in [0.25, 0.3) is 0 Å². The van der Waals surface area contributed by atoms with Gasteiger partial charge in [0.2, 0.25) is 5.88 Å². The maximum absolute atomic E-state index is 12.5. The fourth-order valence-corrected chi connectivity index (χ4v) is 1.00. The molecule has 88 valence electrons. The number of aliphatic carboxylic acids is 1. The zero-order valence-corrected chi connectivity index (χ0v) is 8.21. The summed E-state index contributed by atoms with van der Waals surface area (Å²) in [5.74, 6) is -2.09. The molecule has 1 N–H and O–H groups in total. The van der Waals surface area contributed by atoms with Crippen LogP contribution in [0, 0.1) is 6.92 Å². The van der Waals surface area contributed by atoms with E-state index in [2.05, 4.69) is 9.72 Å². The lowest BCUT2D eigenvalue weighted by atomic mass is 10.2. The number of aryl methyl sites for hydroxylation is 1. The second-order valence-electron chi connectivity index (χ2n) is 3.05. The zero-order chi connectivity index (χ0) is 12.3. The minimum Gasteiger partial charge on any atom is -0.479 e. The van der Waals surface area contributed by atoms with Crippen LogP contribution in [0.15, 0.2) is 12.3 Å². The summed E-state index contributed by atoms with van der Waals surface area (Å²) >= 11 is 0. The number of halogens is 3. The van der Waals surface area contributed by atoms with Gasteiger partial charge in [-0.05, 0) is 18.6 Å². The summed E-state index contributed by atoms with van der Waals surface area (Å²) in [6.45, 7) is 0.586. The number of nitrogens with zero attached hydrogens (tertiary/aromatic N) is 1. The van der Waals surface area contributed by atoms with Gasteiger partial charge in [-0.3, -0.25) is 0 Å². The van der Waals surface area contributed by atoms with Crippen molar-refractivity contribution in [1.82, 2.24) is 4.98 Å². The summed E-state index contributed by atoms with van der Waals surface area (Å²) in [6, 6.07) is 0.851. The maximum atomic E-state index is 12.5. The standard InChI is InChI=1S/C9H8F3NO3/c1-5-2-6(9(10,11)12)8(13-3-5)16-4-7(14)15/h2-3H,4H2,1H3,(H,14,15). The first-order chi connectivity index (χ1) is 7.30. The molecule has 4 nitrogen and oxygen atoms in total. The number of carbonyl (C=O) groups is 1. The number of rotatable bonds is 3. The van der Waals surface area contributed by atoms with Crippen LogP contribution in [-0.2, 0) is 11.0 Å². The van der Waals surface area contributed by atoms with Crippen LogP contribution in [0.3, 0.4) is 0 Å². The monoisotopic (exact) mass is 235 g/mol. The Hall–Kier alpha value is -1.79. The molecule has 1 aromatic heterocycles. The average molecular weight is 235 g/mol. The van der Waals surface area contributed by atoms with Crippen molar-refractivity contribution in [2.75, 3.05) is 6.61 Å². The van der Waals surface area contributed by atoms with Gasteiger partial charge in [0, 0.05) is 6.20 Å². The molecule has 0 saturated heterocycles. The van der Waals surface area contributed by atoms with Gasteiger partial charge >= 0.3 is 12.1 Å². The molecule has 0 aromatic carbocycles. The van der Waals surface area contributed by atoms with Crippen LogP contribution >= 0.6 is 0 Å². The van der Waals surface area contributed by atoms with Gasteiger partial charge in [0.25, 0.3) is 0 Å². The van der Waals surface area contributed by atoms with E-state index in [4.69, 9.17) is 5.11 Å². The van der Waals surface area contributed by atoms with Crippen LogP contribution in [-0.4, -0.2) is 22.7 Å². The third-order valence-corrected chi connectivity index (χ3v) is 1.63. The van der Waals surface area contributed by atoms with E-state index in [9.17, 15) is 18.0 Å². The highest BCUT2D eigenvalue weighted by Crippen LogP contribution is 2.35. The molecule has 0 aliphatic rings. The second kappa shape index (κ2) is 4.38. The lowest BCUT2D eigenvalue weighted by Gasteiger charge is -2.12. The molecule has 0 fully saturated rings. The lowest BCUT2D eigenvalue weighted by Crippen LogP contribution is -2.15. The number of pyridine rings is 1. The minimum absolute atomic E-state index is 0.315. The maximum Gasteiger partial charge on any atom is 0.421 e. The molecule has 16 heavy (non-hydrogen) atoms. The van der Waals surface area contributed by atoms with E-state index in [1.54, 1.807) is 0 Å². The Morgan fingerprint density at radius 2 is 2.19 bits per heavy atom. The van der Waals surface area contributed by atoms with Crippen LogP contribution in [0.5, 0.6) is 5.88 Å². The molecular weight excluding hydrogens is 227 g/mol. The van der Waals surface area contributed by atoms with Gasteiger partial charge in [-0.2, -0.15) is 13.2 Å². The van der Waals surface area contributed by atoms with Crippen LogP contribution in [0.1, 0.15) is 11.1 Å². The Kier molecular flexibility index (Phi) is 3.36. The van der Waals surface area contributed by atoms with Gasteiger partial charge in [0.05, 0.1) is 0 Å². The number of aromatic nitrogens is 1. The quantitative estimate of drug-likeness (QED) is 0.868. The van der Waals surface area contributed by atoms with Gasteiger partial charge in [-0.15, -0.1) is 0 Å². The third-order valence-electron chi connectivity index (χ3n) is 1.63. The highest BCUT2D eigenvalue weighted by atomic mass is 19.4. The average Bonchev–Trinajstić information content (AvgIpc) is 2.14. The smallest absolute Gasteiger partial charge is 0.421 e. The van der Waals surface area contributed by atoms with Crippen molar-refractivity contribution in [3.8, 4) is 5.88 Å². The van der Waals surface area contributed by atoms with E-state index in [0.29, 0.717) is 5.56 Å². The Balaban J connectivity index is 3.03. The fraction of sp³-hybridized carbons (Fsp3) is 0.333. The number of carboxylic acids is 1. The van der Waals surface area contributed by atoms with Crippen molar-refractivity contribution in [3.63, 3.8) is 0 Å². The summed E-state index contributed by atoms with van der Waals surface area (Å²) in [6.07, 6.45) is -3.45. The topological polar surface area (TPSA) is 59.4 Å². The summed E-state index contributed by atoms with van der Waals surface area (Å²) in [4.78, 5) is 13.6. The molecule has 0 bridgehead atoms. The van der Waals surface area contributed by atoms with Gasteiger partial charge in [0.1, 0.15) is 5.56 Å². The molecule has 1 heterocycles. The summed E-state index contributed by atoms with van der Waals surface area (Å²) < 4.78 is 41.9. The molecular formula is C9H8F3NO3. The van der Waals surface area contributed by atoms with Crippen molar-refractivity contribution >= 4 is 5.97 Å². The number of hydrogen-bond donors (Lipinski definition) is 1. The van der Waals surface area contributed by atoms with Gasteiger partial charge in [-0.25, -0.2) is 9.78 Å². The minimum atomic E-state index is -4.62. The first kappa shape index (κ1) is 12.3. The van der Waals surface area contributed by atoms with Crippen LogP contribution in [0.2, 0.25) is 0 Å². The molecule has 0 radical (unpaired) electrons. The predicted octanol–water partition coefficient (Wildman–Crippen LogP) is 1.87. The highest BCUT2D eigenvalue weighted by molar-refractivity contribution is 5.68. The van der Waals surface area contributed by atoms with E-state index >= 15 is 0 Å². The van der Waals surface area contributed by atoms with Crippen LogP contribution in [0.4, 0.5) is 13.2 Å². The largest absolute Gasteiger partial charge is 0.479 e. The molecule has 1 aromatic rings. The van der Waals surface area contributed by atoms with E-state index in [1.165, 1.54) is 13.1 Å². The molecule has 0 amide bonds. The Bertz CT molecular complexity index is 403. The fourth-order valence-electron chi connectivity index (χ4n) is 1.00. The first-order valence-electron chi connectivity index (χ1n) is 4.19. The summed E-state index contributed by atoms with van der Waals surface area (Å²) in [5.41, 5.74) is -0.760. The Labute approximate surface area is 88.7 Å². The van der Waals surface area contributed by atoms with E-state index in [0.717, 1.165) is 6.07 Å². The van der Waals surface area contributed by atoms with Crippen molar-refractivity contribution in [3.05, 3.63) is 23.4 Å². The molecule has 0 aliphatic heterocycles. The van der Waals surface area contributed by atoms with E-state index in [1.807, 2.05) is 0 Å². The summed E-state index contributed by atoms with van der Waals surface area (Å²) in [5, 5.41) is 8.29. The molecule has 7 heteroatoms. The number of alkyl halides is 3. The third kappa shape index (κ3) is 3.11. The Morgan fingerprint density at radius 1 is 1.56 bits per heavy atom. The first-order valence-corrected chi connectivity index (χ1v) is 4.19. The normalized spacial score (nSPS) is 11.2. The molecule has 0 aliphatic carbocycles. The molecule has 0 atom stereocenters. The Morgan fingerprint density at radius 3 is 2.69 bits per heavy atom. The van der Waals surface area contributed by atoms with Crippen molar-refractivity contribution in [1.29, 1.82) is 0 Å². The van der Waals surface area contributed by atoms with Crippen molar-refractivity contribution < 1.29 is 27.8 Å². The second-order valence-corrected chi connectivity index (χ2v) is 3.05. The number of hydrogen-bond acceptors (Lipinski definition) is 3.